The maximum absolute atomic E-state index is 11.9. The number of rotatable bonds is 6. The van der Waals surface area contributed by atoms with Crippen LogP contribution < -0.4 is 10.1 Å². The maximum atomic E-state index is 11.9. The van der Waals surface area contributed by atoms with Crippen LogP contribution in [0.5, 0.6) is 5.75 Å². The molecule has 2 N–H and O–H groups in total. The van der Waals surface area contributed by atoms with Crippen molar-refractivity contribution in [2.75, 3.05) is 12.9 Å². The number of thioether (sulfide) groups is 1. The zero-order valence-corrected chi connectivity index (χ0v) is 12.7. The topological polar surface area (TPSA) is 75.6 Å². The van der Waals surface area contributed by atoms with Crippen LogP contribution in [-0.4, -0.2) is 35.9 Å². The molecule has 1 aromatic rings. The molecule has 114 valence electrons. The normalized spacial score (nSPS) is 21.0. The van der Waals surface area contributed by atoms with Crippen LogP contribution >= 0.6 is 11.8 Å². The molecule has 1 aliphatic carbocycles. The number of nitrogens with one attached hydrogen (secondary N) is 1. The predicted molar refractivity (Wildman–Crippen MR) is 80.6 cm³/mol. The van der Waals surface area contributed by atoms with Crippen LogP contribution in [0.1, 0.15) is 19.3 Å². The number of amides is 1. The van der Waals surface area contributed by atoms with E-state index in [9.17, 15) is 9.59 Å². The van der Waals surface area contributed by atoms with Crippen molar-refractivity contribution >= 4 is 23.6 Å². The SMILES string of the molecule is COc1ccc(SCC(=O)N[C@@H]2CC[C@H](C(=O)O)C2)cc1. The fraction of sp³-hybridized carbons (Fsp3) is 0.467. The highest BCUT2D eigenvalue weighted by Crippen LogP contribution is 2.26. The van der Waals surface area contributed by atoms with Gasteiger partial charge in [-0.1, -0.05) is 0 Å². The molecule has 0 radical (unpaired) electrons. The van der Waals surface area contributed by atoms with Crippen LogP contribution in [0.4, 0.5) is 0 Å². The van der Waals surface area contributed by atoms with E-state index in [1.165, 1.54) is 11.8 Å². The van der Waals surface area contributed by atoms with Crippen molar-refractivity contribution in [3.63, 3.8) is 0 Å². The number of benzene rings is 1. The minimum Gasteiger partial charge on any atom is -0.497 e. The zero-order chi connectivity index (χ0) is 15.2. The first-order valence-corrected chi connectivity index (χ1v) is 7.86. The van der Waals surface area contributed by atoms with Gasteiger partial charge in [0, 0.05) is 10.9 Å². The summed E-state index contributed by atoms with van der Waals surface area (Å²) in [6, 6.07) is 7.53. The minimum atomic E-state index is -0.764. The molecule has 0 heterocycles. The van der Waals surface area contributed by atoms with Crippen LogP contribution in [0.3, 0.4) is 0 Å². The highest BCUT2D eigenvalue weighted by molar-refractivity contribution is 8.00. The molecule has 5 nitrogen and oxygen atoms in total. The average molecular weight is 309 g/mol. The Hall–Kier alpha value is -1.69. The van der Waals surface area contributed by atoms with Gasteiger partial charge >= 0.3 is 5.97 Å². The number of carboxylic acid groups (broad SMARTS) is 1. The first-order valence-electron chi connectivity index (χ1n) is 6.87. The van der Waals surface area contributed by atoms with E-state index < -0.39 is 5.97 Å². The number of hydrogen-bond acceptors (Lipinski definition) is 4. The van der Waals surface area contributed by atoms with E-state index >= 15 is 0 Å². The number of hydrogen-bond donors (Lipinski definition) is 2. The Morgan fingerprint density at radius 2 is 2.05 bits per heavy atom. The van der Waals surface area contributed by atoms with Crippen molar-refractivity contribution in [1.29, 1.82) is 0 Å². The molecule has 0 spiro atoms. The van der Waals surface area contributed by atoms with Crippen molar-refractivity contribution in [1.82, 2.24) is 5.32 Å². The molecule has 1 aliphatic rings. The number of aliphatic carboxylic acids is 1. The fourth-order valence-electron chi connectivity index (χ4n) is 2.43. The Balaban J connectivity index is 1.73. The number of ether oxygens (including phenoxy) is 1. The van der Waals surface area contributed by atoms with E-state index in [1.54, 1.807) is 7.11 Å². The monoisotopic (exact) mass is 309 g/mol. The van der Waals surface area contributed by atoms with E-state index in [1.807, 2.05) is 24.3 Å². The van der Waals surface area contributed by atoms with Gasteiger partial charge < -0.3 is 15.2 Å². The molecule has 0 aliphatic heterocycles. The minimum absolute atomic E-state index is 0.00457. The molecule has 1 saturated carbocycles. The van der Waals surface area contributed by atoms with Gasteiger partial charge in [-0.05, 0) is 43.5 Å². The van der Waals surface area contributed by atoms with E-state index in [4.69, 9.17) is 9.84 Å². The molecule has 2 rings (SSSR count). The molecule has 1 aromatic carbocycles. The Morgan fingerprint density at radius 3 is 2.62 bits per heavy atom. The number of carboxylic acids is 1. The summed E-state index contributed by atoms with van der Waals surface area (Å²) in [5.74, 6) is -0.00849. The first kappa shape index (κ1) is 15.7. The molecule has 0 unspecified atom stereocenters. The summed E-state index contributed by atoms with van der Waals surface area (Å²) >= 11 is 1.45. The maximum Gasteiger partial charge on any atom is 0.306 e. The zero-order valence-electron chi connectivity index (χ0n) is 11.9. The average Bonchev–Trinajstić information content (AvgIpc) is 2.94. The lowest BCUT2D eigenvalue weighted by Crippen LogP contribution is -2.34. The third kappa shape index (κ3) is 4.67. The summed E-state index contributed by atoms with van der Waals surface area (Å²) in [7, 11) is 1.61. The molecule has 0 aromatic heterocycles. The van der Waals surface area contributed by atoms with E-state index in [0.29, 0.717) is 18.6 Å². The summed E-state index contributed by atoms with van der Waals surface area (Å²) in [5.41, 5.74) is 0. The highest BCUT2D eigenvalue weighted by Gasteiger charge is 2.30. The third-order valence-corrected chi connectivity index (χ3v) is 4.59. The summed E-state index contributed by atoms with van der Waals surface area (Å²) in [4.78, 5) is 23.7. The van der Waals surface area contributed by atoms with Gasteiger partial charge in [0.15, 0.2) is 0 Å². The van der Waals surface area contributed by atoms with Crippen molar-refractivity contribution in [3.8, 4) is 5.75 Å². The molecule has 6 heteroatoms. The van der Waals surface area contributed by atoms with Gasteiger partial charge in [0.1, 0.15) is 5.75 Å². The van der Waals surface area contributed by atoms with Crippen LogP contribution in [0.15, 0.2) is 29.2 Å². The molecule has 21 heavy (non-hydrogen) atoms. The second-order valence-corrected chi connectivity index (χ2v) is 6.13. The van der Waals surface area contributed by atoms with Crippen LogP contribution in [-0.2, 0) is 9.59 Å². The number of carbonyl (C=O) groups excluding carboxylic acids is 1. The van der Waals surface area contributed by atoms with E-state index in [0.717, 1.165) is 17.1 Å². The first-order chi connectivity index (χ1) is 10.1. The Labute approximate surface area is 128 Å². The second-order valence-electron chi connectivity index (χ2n) is 5.08. The fourth-order valence-corrected chi connectivity index (χ4v) is 3.14. The van der Waals surface area contributed by atoms with Gasteiger partial charge in [0.2, 0.25) is 5.91 Å². The quantitative estimate of drug-likeness (QED) is 0.788. The Bertz CT molecular complexity index is 503. The van der Waals surface area contributed by atoms with Crippen LogP contribution in [0.25, 0.3) is 0 Å². The van der Waals surface area contributed by atoms with Crippen molar-refractivity contribution in [2.24, 2.45) is 5.92 Å². The molecule has 0 bridgehead atoms. The summed E-state index contributed by atoms with van der Waals surface area (Å²) in [6.07, 6.45) is 1.93. The highest BCUT2D eigenvalue weighted by atomic mass is 32.2. The molecular formula is C15H19NO4S. The second kappa shape index (κ2) is 7.36. The van der Waals surface area contributed by atoms with E-state index in [2.05, 4.69) is 5.32 Å². The van der Waals surface area contributed by atoms with Crippen molar-refractivity contribution < 1.29 is 19.4 Å². The van der Waals surface area contributed by atoms with Gasteiger partial charge in [-0.2, -0.15) is 0 Å². The van der Waals surface area contributed by atoms with Crippen molar-refractivity contribution in [2.45, 2.75) is 30.2 Å². The Kier molecular flexibility index (Phi) is 5.50. The summed E-state index contributed by atoms with van der Waals surface area (Å²) < 4.78 is 5.08. The van der Waals surface area contributed by atoms with Gasteiger partial charge in [-0.3, -0.25) is 9.59 Å². The van der Waals surface area contributed by atoms with Crippen LogP contribution in [0, 0.1) is 5.92 Å². The van der Waals surface area contributed by atoms with Crippen LogP contribution in [0.2, 0.25) is 0 Å². The summed E-state index contributed by atoms with van der Waals surface area (Å²) in [5, 5.41) is 11.8. The van der Waals surface area contributed by atoms with Gasteiger partial charge in [-0.15, -0.1) is 11.8 Å². The lowest BCUT2D eigenvalue weighted by Gasteiger charge is -2.12. The number of methoxy groups -OCH3 is 1. The molecule has 1 amide bonds. The lowest BCUT2D eigenvalue weighted by molar-refractivity contribution is -0.141. The lowest BCUT2D eigenvalue weighted by atomic mass is 10.1. The molecular weight excluding hydrogens is 290 g/mol. The van der Waals surface area contributed by atoms with Gasteiger partial charge in [0.05, 0.1) is 18.8 Å². The van der Waals surface area contributed by atoms with Gasteiger partial charge in [0.25, 0.3) is 0 Å². The van der Waals surface area contributed by atoms with E-state index in [-0.39, 0.29) is 17.9 Å². The standard InChI is InChI=1S/C15H19NO4S/c1-20-12-4-6-13(7-5-12)21-9-14(17)16-11-3-2-10(8-11)15(18)19/h4-7,10-11H,2-3,8-9H2,1H3,(H,16,17)(H,18,19)/t10-,11+/m0/s1. The molecule has 2 atom stereocenters. The van der Waals surface area contributed by atoms with Crippen molar-refractivity contribution in [3.05, 3.63) is 24.3 Å². The number of carbonyl (C=O) groups is 2. The molecule has 0 saturated heterocycles. The third-order valence-electron chi connectivity index (χ3n) is 3.58. The largest absolute Gasteiger partial charge is 0.497 e. The molecule has 1 fully saturated rings. The van der Waals surface area contributed by atoms with Gasteiger partial charge in [-0.25, -0.2) is 0 Å². The smallest absolute Gasteiger partial charge is 0.306 e. The predicted octanol–water partition coefficient (Wildman–Crippen LogP) is 2.16. The Morgan fingerprint density at radius 1 is 1.33 bits per heavy atom. The summed E-state index contributed by atoms with van der Waals surface area (Å²) in [6.45, 7) is 0.